The molecule has 1 heterocycles. The number of pyridine rings is 1. The highest BCUT2D eigenvalue weighted by atomic mass is 15.2. The smallest absolute Gasteiger partial charge is 0.0644 e. The van der Waals surface area contributed by atoms with E-state index < -0.39 is 0 Å². The van der Waals surface area contributed by atoms with Gasteiger partial charge in [-0.2, -0.15) is 0 Å². The molecule has 2 aliphatic rings. The Labute approximate surface area is 109 Å². The van der Waals surface area contributed by atoms with Gasteiger partial charge in [-0.1, -0.05) is 6.07 Å². The van der Waals surface area contributed by atoms with Crippen LogP contribution in [-0.2, 0) is 0 Å². The molecule has 2 aliphatic carbocycles. The zero-order valence-electron chi connectivity index (χ0n) is 11.0. The van der Waals surface area contributed by atoms with Crippen LogP contribution >= 0.6 is 0 Å². The molecule has 18 heavy (non-hydrogen) atoms. The molecule has 0 aromatic carbocycles. The van der Waals surface area contributed by atoms with Gasteiger partial charge in [0.1, 0.15) is 0 Å². The Morgan fingerprint density at radius 3 is 2.28 bits per heavy atom. The zero-order valence-corrected chi connectivity index (χ0v) is 11.0. The Kier molecular flexibility index (Phi) is 3.62. The Hall–Kier alpha value is -0.930. The predicted molar refractivity (Wildman–Crippen MR) is 73.1 cm³/mol. The van der Waals surface area contributed by atoms with Gasteiger partial charge in [-0.3, -0.25) is 9.88 Å². The molecule has 0 saturated heterocycles. The Morgan fingerprint density at radius 1 is 1.17 bits per heavy atom. The third kappa shape index (κ3) is 3.09. The van der Waals surface area contributed by atoms with E-state index in [1.54, 1.807) is 0 Å². The Morgan fingerprint density at radius 2 is 1.83 bits per heavy atom. The fourth-order valence-electron chi connectivity index (χ4n) is 2.62. The number of rotatable bonds is 7. The highest BCUT2D eigenvalue weighted by Crippen LogP contribution is 2.36. The summed E-state index contributed by atoms with van der Waals surface area (Å²) in [4.78, 5) is 7.10. The average molecular weight is 245 g/mol. The van der Waals surface area contributed by atoms with Gasteiger partial charge in [0.25, 0.3) is 0 Å². The molecular formula is C15H23N3. The summed E-state index contributed by atoms with van der Waals surface area (Å²) in [5, 5.41) is 0. The monoisotopic (exact) mass is 245 g/mol. The molecule has 1 atom stereocenters. The summed E-state index contributed by atoms with van der Waals surface area (Å²) in [5.41, 5.74) is 7.16. The molecule has 0 bridgehead atoms. The first-order valence-electron chi connectivity index (χ1n) is 7.22. The summed E-state index contributed by atoms with van der Waals surface area (Å²) >= 11 is 0. The zero-order chi connectivity index (χ0) is 12.4. The van der Waals surface area contributed by atoms with Crippen molar-refractivity contribution in [2.45, 2.75) is 31.7 Å². The maximum atomic E-state index is 6.02. The van der Waals surface area contributed by atoms with Crippen molar-refractivity contribution in [1.29, 1.82) is 0 Å². The van der Waals surface area contributed by atoms with Gasteiger partial charge in [-0.05, 0) is 49.7 Å². The third-order valence-electron chi connectivity index (χ3n) is 4.07. The molecule has 0 spiro atoms. The van der Waals surface area contributed by atoms with E-state index in [-0.39, 0.29) is 0 Å². The lowest BCUT2D eigenvalue weighted by molar-refractivity contribution is 0.181. The second-order valence-electron chi connectivity index (χ2n) is 5.85. The molecule has 1 aromatic heterocycles. The van der Waals surface area contributed by atoms with Crippen LogP contribution in [0, 0.1) is 11.8 Å². The van der Waals surface area contributed by atoms with Crippen molar-refractivity contribution in [3.05, 3.63) is 30.1 Å². The van der Waals surface area contributed by atoms with E-state index in [1.165, 1.54) is 38.8 Å². The van der Waals surface area contributed by atoms with Gasteiger partial charge in [0.05, 0.1) is 11.7 Å². The quantitative estimate of drug-likeness (QED) is 0.801. The minimum Gasteiger partial charge on any atom is -0.329 e. The van der Waals surface area contributed by atoms with Gasteiger partial charge in [-0.15, -0.1) is 0 Å². The first-order chi connectivity index (χ1) is 8.86. The van der Waals surface area contributed by atoms with Crippen molar-refractivity contribution >= 4 is 0 Å². The van der Waals surface area contributed by atoms with Crippen LogP contribution in [0.3, 0.4) is 0 Å². The fourth-order valence-corrected chi connectivity index (χ4v) is 2.62. The molecule has 0 radical (unpaired) electrons. The standard InChI is InChI=1S/C15H23N3/c16-9-15(14-3-1-2-8-17-14)18(10-12-4-5-12)11-13-6-7-13/h1-3,8,12-13,15H,4-7,9-11,16H2. The molecule has 3 nitrogen and oxygen atoms in total. The highest BCUT2D eigenvalue weighted by Gasteiger charge is 2.32. The van der Waals surface area contributed by atoms with Crippen LogP contribution in [0.15, 0.2) is 24.4 Å². The van der Waals surface area contributed by atoms with E-state index >= 15 is 0 Å². The van der Waals surface area contributed by atoms with E-state index in [2.05, 4.69) is 22.0 Å². The van der Waals surface area contributed by atoms with Gasteiger partial charge in [0.2, 0.25) is 0 Å². The van der Waals surface area contributed by atoms with Crippen molar-refractivity contribution < 1.29 is 0 Å². The van der Waals surface area contributed by atoms with Crippen molar-refractivity contribution in [3.8, 4) is 0 Å². The molecule has 2 saturated carbocycles. The maximum Gasteiger partial charge on any atom is 0.0644 e. The van der Waals surface area contributed by atoms with Crippen LogP contribution in [0.2, 0.25) is 0 Å². The van der Waals surface area contributed by atoms with Gasteiger partial charge in [-0.25, -0.2) is 0 Å². The van der Waals surface area contributed by atoms with E-state index in [4.69, 9.17) is 5.73 Å². The number of aromatic nitrogens is 1. The topological polar surface area (TPSA) is 42.1 Å². The lowest BCUT2D eigenvalue weighted by atomic mass is 10.1. The number of nitrogens with two attached hydrogens (primary N) is 1. The van der Waals surface area contributed by atoms with Crippen molar-refractivity contribution in [2.75, 3.05) is 19.6 Å². The summed E-state index contributed by atoms with van der Waals surface area (Å²) in [7, 11) is 0. The molecule has 3 heteroatoms. The normalized spacial score (nSPS) is 21.2. The Balaban J connectivity index is 1.71. The molecule has 0 aliphatic heterocycles. The lowest BCUT2D eigenvalue weighted by Gasteiger charge is -2.30. The van der Waals surface area contributed by atoms with E-state index in [0.717, 1.165) is 17.5 Å². The summed E-state index contributed by atoms with van der Waals surface area (Å²) in [6.07, 6.45) is 7.49. The van der Waals surface area contributed by atoms with Crippen molar-refractivity contribution in [1.82, 2.24) is 9.88 Å². The molecular weight excluding hydrogens is 222 g/mol. The second kappa shape index (κ2) is 5.37. The summed E-state index contributed by atoms with van der Waals surface area (Å²) in [5.74, 6) is 1.84. The molecule has 2 fully saturated rings. The fraction of sp³-hybridized carbons (Fsp3) is 0.667. The predicted octanol–water partition coefficient (Wildman–Crippen LogP) is 2.20. The third-order valence-corrected chi connectivity index (χ3v) is 4.07. The van der Waals surface area contributed by atoms with E-state index in [9.17, 15) is 0 Å². The molecule has 98 valence electrons. The number of hydrogen-bond donors (Lipinski definition) is 1. The van der Waals surface area contributed by atoms with Gasteiger partial charge < -0.3 is 5.73 Å². The minimum atomic E-state index is 0.312. The summed E-state index contributed by atoms with van der Waals surface area (Å²) < 4.78 is 0. The molecule has 3 rings (SSSR count). The largest absolute Gasteiger partial charge is 0.329 e. The summed E-state index contributed by atoms with van der Waals surface area (Å²) in [6, 6.07) is 6.47. The lowest BCUT2D eigenvalue weighted by Crippen LogP contribution is -2.37. The van der Waals surface area contributed by atoms with Crippen LogP contribution in [0.5, 0.6) is 0 Å². The molecule has 2 N–H and O–H groups in total. The van der Waals surface area contributed by atoms with Crippen LogP contribution in [0.1, 0.15) is 37.4 Å². The first kappa shape index (κ1) is 12.1. The second-order valence-corrected chi connectivity index (χ2v) is 5.85. The number of nitrogens with zero attached hydrogens (tertiary/aromatic N) is 2. The summed E-state index contributed by atoms with van der Waals surface area (Å²) in [6.45, 7) is 3.11. The van der Waals surface area contributed by atoms with Crippen molar-refractivity contribution in [2.24, 2.45) is 17.6 Å². The van der Waals surface area contributed by atoms with Crippen LogP contribution in [0.25, 0.3) is 0 Å². The molecule has 1 unspecified atom stereocenters. The van der Waals surface area contributed by atoms with Gasteiger partial charge >= 0.3 is 0 Å². The average Bonchev–Trinajstić information content (AvgIpc) is 3.27. The van der Waals surface area contributed by atoms with E-state index in [0.29, 0.717) is 12.6 Å². The molecule has 1 aromatic rings. The molecule has 0 amide bonds. The minimum absolute atomic E-state index is 0.312. The van der Waals surface area contributed by atoms with Crippen LogP contribution in [0.4, 0.5) is 0 Å². The van der Waals surface area contributed by atoms with Gasteiger partial charge in [0, 0.05) is 25.8 Å². The Bertz CT molecular complexity index is 357. The number of hydrogen-bond acceptors (Lipinski definition) is 3. The van der Waals surface area contributed by atoms with Crippen molar-refractivity contribution in [3.63, 3.8) is 0 Å². The first-order valence-corrected chi connectivity index (χ1v) is 7.22. The highest BCUT2D eigenvalue weighted by molar-refractivity contribution is 5.10. The van der Waals surface area contributed by atoms with Crippen LogP contribution < -0.4 is 5.73 Å². The SMILES string of the molecule is NCC(c1ccccn1)N(CC1CC1)CC1CC1. The van der Waals surface area contributed by atoms with Gasteiger partial charge in [0.15, 0.2) is 0 Å². The van der Waals surface area contributed by atoms with E-state index in [1.807, 2.05) is 12.3 Å². The maximum absolute atomic E-state index is 6.02. The van der Waals surface area contributed by atoms with Crippen LogP contribution in [-0.4, -0.2) is 29.5 Å².